The van der Waals surface area contributed by atoms with Crippen LogP contribution in [-0.4, -0.2) is 67.9 Å². The molecule has 0 saturated carbocycles. The summed E-state index contributed by atoms with van der Waals surface area (Å²) in [6.45, 7) is 1.04. The van der Waals surface area contributed by atoms with E-state index in [-0.39, 0.29) is 12.3 Å². The monoisotopic (exact) mass is 558 g/mol. The van der Waals surface area contributed by atoms with Crippen LogP contribution >= 0.6 is 0 Å². The Bertz CT molecular complexity index is 1260. The van der Waals surface area contributed by atoms with E-state index < -0.39 is 42.9 Å². The van der Waals surface area contributed by atoms with Crippen LogP contribution in [0.25, 0.3) is 0 Å². The summed E-state index contributed by atoms with van der Waals surface area (Å²) in [6, 6.07) is 14.2. The first kappa shape index (κ1) is 29.1. The van der Waals surface area contributed by atoms with Gasteiger partial charge in [0.15, 0.2) is 0 Å². The lowest BCUT2D eigenvalue weighted by Gasteiger charge is -2.29. The Morgan fingerprint density at radius 2 is 1.80 bits per heavy atom. The van der Waals surface area contributed by atoms with Gasteiger partial charge < -0.3 is 19.9 Å². The molecule has 1 fully saturated rings. The van der Waals surface area contributed by atoms with Gasteiger partial charge in [-0.15, -0.1) is 0 Å². The van der Waals surface area contributed by atoms with Gasteiger partial charge in [-0.25, -0.2) is 4.99 Å². The fourth-order valence-corrected chi connectivity index (χ4v) is 4.99. The highest BCUT2D eigenvalue weighted by Crippen LogP contribution is 2.31. The maximum Gasteiger partial charge on any atom is 0.389 e. The number of amides is 3. The van der Waals surface area contributed by atoms with Gasteiger partial charge in [-0.05, 0) is 37.8 Å². The number of rotatable bonds is 8. The zero-order valence-corrected chi connectivity index (χ0v) is 22.5. The summed E-state index contributed by atoms with van der Waals surface area (Å²) in [5, 5.41) is 2.56. The lowest BCUT2D eigenvalue weighted by Crippen LogP contribution is -2.48. The number of likely N-dealkylation sites (N-methyl/N-ethyl adjacent to an activating group) is 1. The molecule has 1 saturated heterocycles. The number of ether oxygens (including phenoxy) is 1. The highest BCUT2D eigenvalue weighted by Gasteiger charge is 2.36. The second kappa shape index (κ2) is 12.5. The number of likely N-dealkylation sites (tertiary alicyclic amines) is 1. The molecule has 4 rings (SSSR count). The van der Waals surface area contributed by atoms with Crippen LogP contribution in [0.1, 0.15) is 49.7 Å². The highest BCUT2D eigenvalue weighted by molar-refractivity contribution is 6.20. The molecule has 2 aliphatic rings. The van der Waals surface area contributed by atoms with Crippen molar-refractivity contribution in [1.82, 2.24) is 10.2 Å². The van der Waals surface area contributed by atoms with E-state index in [4.69, 9.17) is 4.74 Å². The van der Waals surface area contributed by atoms with Gasteiger partial charge in [-0.3, -0.25) is 14.4 Å². The third kappa shape index (κ3) is 7.00. The zero-order valence-electron chi connectivity index (χ0n) is 22.5. The number of aliphatic imine (C=N–C) groups is 1. The zero-order chi connectivity index (χ0) is 28.9. The molecule has 214 valence electrons. The van der Waals surface area contributed by atoms with E-state index in [9.17, 15) is 27.6 Å². The van der Waals surface area contributed by atoms with Crippen LogP contribution in [0.4, 0.5) is 18.9 Å². The van der Waals surface area contributed by atoms with Crippen molar-refractivity contribution in [3.63, 3.8) is 0 Å². The SMILES string of the molecule is COc1ccc2c(c1)N(C)C(=O)[C@@H](NC(=O)[C@H](CCC(F)(F)F)CC(=O)N1CCCCC1)N=C2c1ccccc1. The number of nitrogens with zero attached hydrogens (tertiary/aromatic N) is 3. The molecular formula is C29H33F3N4O4. The molecule has 0 aromatic heterocycles. The molecule has 40 heavy (non-hydrogen) atoms. The van der Waals surface area contributed by atoms with Gasteiger partial charge in [-0.1, -0.05) is 30.3 Å². The number of piperidine rings is 1. The molecule has 0 unspecified atom stereocenters. The standard InChI is InChI=1S/C29H33F3N4O4/c1-35-23-18-21(40-2)11-12-22(23)25(19-9-5-3-6-10-19)33-26(28(35)39)34-27(38)20(13-14-29(30,31)32)17-24(37)36-15-7-4-8-16-36/h3,5-6,9-12,18,20,26H,4,7-8,13-17H2,1-2H3,(H,34,38)/t20-,26-/m1/s1. The summed E-state index contributed by atoms with van der Waals surface area (Å²) in [5.74, 6) is -2.52. The average Bonchev–Trinajstić information content (AvgIpc) is 3.05. The minimum absolute atomic E-state index is 0.362. The smallest absolute Gasteiger partial charge is 0.389 e. The van der Waals surface area contributed by atoms with Crippen LogP contribution in [-0.2, 0) is 14.4 Å². The summed E-state index contributed by atoms with van der Waals surface area (Å²) < 4.78 is 44.7. The van der Waals surface area contributed by atoms with Crippen molar-refractivity contribution in [3.05, 3.63) is 59.7 Å². The summed E-state index contributed by atoms with van der Waals surface area (Å²) in [4.78, 5) is 47.4. The minimum atomic E-state index is -4.50. The van der Waals surface area contributed by atoms with E-state index in [0.29, 0.717) is 41.4 Å². The van der Waals surface area contributed by atoms with Crippen molar-refractivity contribution < 1.29 is 32.3 Å². The second-order valence-electron chi connectivity index (χ2n) is 10.0. The molecule has 1 N–H and O–H groups in total. The fraction of sp³-hybridized carbons (Fsp3) is 0.448. The lowest BCUT2D eigenvalue weighted by atomic mass is 9.96. The second-order valence-corrected chi connectivity index (χ2v) is 10.0. The Balaban J connectivity index is 1.65. The number of nitrogens with one attached hydrogen (secondary N) is 1. The normalized spacial score (nSPS) is 18.4. The summed E-state index contributed by atoms with van der Waals surface area (Å²) in [7, 11) is 3.03. The predicted molar refractivity (Wildman–Crippen MR) is 144 cm³/mol. The van der Waals surface area contributed by atoms with Crippen LogP contribution in [0.3, 0.4) is 0 Å². The van der Waals surface area contributed by atoms with Gasteiger partial charge in [-0.2, -0.15) is 13.2 Å². The van der Waals surface area contributed by atoms with Crippen LogP contribution in [0.5, 0.6) is 5.75 Å². The van der Waals surface area contributed by atoms with Gasteiger partial charge in [0.2, 0.25) is 18.0 Å². The van der Waals surface area contributed by atoms with E-state index in [0.717, 1.165) is 19.3 Å². The Kier molecular flexibility index (Phi) is 9.11. The topological polar surface area (TPSA) is 91.3 Å². The van der Waals surface area contributed by atoms with Crippen molar-refractivity contribution >= 4 is 29.1 Å². The molecule has 2 heterocycles. The van der Waals surface area contributed by atoms with E-state index in [1.165, 1.54) is 19.1 Å². The number of fused-ring (bicyclic) bond motifs is 1. The van der Waals surface area contributed by atoms with Crippen LogP contribution in [0.15, 0.2) is 53.5 Å². The van der Waals surface area contributed by atoms with Crippen molar-refractivity contribution in [3.8, 4) is 5.75 Å². The molecule has 2 aromatic carbocycles. The molecule has 0 bridgehead atoms. The maximum atomic E-state index is 13.5. The Morgan fingerprint density at radius 1 is 1.10 bits per heavy atom. The maximum absolute atomic E-state index is 13.5. The van der Waals surface area contributed by atoms with E-state index in [1.54, 1.807) is 23.1 Å². The van der Waals surface area contributed by atoms with Crippen molar-refractivity contribution in [2.75, 3.05) is 32.1 Å². The summed E-state index contributed by atoms with van der Waals surface area (Å²) in [5.41, 5.74) is 2.23. The molecule has 2 aliphatic heterocycles. The van der Waals surface area contributed by atoms with Crippen molar-refractivity contribution in [2.45, 2.75) is 50.9 Å². The number of methoxy groups -OCH3 is 1. The largest absolute Gasteiger partial charge is 0.497 e. The van der Waals surface area contributed by atoms with Gasteiger partial charge >= 0.3 is 6.18 Å². The number of carbonyl (C=O) groups excluding carboxylic acids is 3. The first-order valence-corrected chi connectivity index (χ1v) is 13.3. The highest BCUT2D eigenvalue weighted by atomic mass is 19.4. The summed E-state index contributed by atoms with van der Waals surface area (Å²) >= 11 is 0. The predicted octanol–water partition coefficient (Wildman–Crippen LogP) is 4.31. The number of anilines is 1. The number of hydrogen-bond acceptors (Lipinski definition) is 5. The Morgan fingerprint density at radius 3 is 2.45 bits per heavy atom. The molecule has 2 aromatic rings. The number of alkyl halides is 3. The van der Waals surface area contributed by atoms with Crippen molar-refractivity contribution in [2.24, 2.45) is 10.9 Å². The van der Waals surface area contributed by atoms with E-state index in [2.05, 4.69) is 10.3 Å². The number of halogens is 3. The van der Waals surface area contributed by atoms with Crippen molar-refractivity contribution in [1.29, 1.82) is 0 Å². The molecule has 0 spiro atoms. The first-order chi connectivity index (χ1) is 19.1. The molecule has 3 amide bonds. The van der Waals surface area contributed by atoms with Crippen LogP contribution in [0, 0.1) is 5.92 Å². The third-order valence-corrected chi connectivity index (χ3v) is 7.25. The first-order valence-electron chi connectivity index (χ1n) is 13.3. The molecule has 8 nitrogen and oxygen atoms in total. The molecule has 0 radical (unpaired) electrons. The number of carbonyl (C=O) groups is 3. The Hall–Kier alpha value is -3.89. The quantitative estimate of drug-likeness (QED) is 0.523. The average molecular weight is 559 g/mol. The van der Waals surface area contributed by atoms with Crippen LogP contribution in [0.2, 0.25) is 0 Å². The minimum Gasteiger partial charge on any atom is -0.497 e. The Labute approximate surface area is 231 Å². The number of benzene rings is 2. The fourth-order valence-electron chi connectivity index (χ4n) is 4.99. The van der Waals surface area contributed by atoms with E-state index in [1.807, 2.05) is 30.3 Å². The van der Waals surface area contributed by atoms with Gasteiger partial charge in [0.25, 0.3) is 5.91 Å². The third-order valence-electron chi connectivity index (χ3n) is 7.25. The van der Waals surface area contributed by atoms with E-state index >= 15 is 0 Å². The summed E-state index contributed by atoms with van der Waals surface area (Å²) in [6.07, 6.45) is -5.46. The lowest BCUT2D eigenvalue weighted by molar-refractivity contribution is -0.146. The molecule has 11 heteroatoms. The van der Waals surface area contributed by atoms with Gasteiger partial charge in [0.1, 0.15) is 5.75 Å². The number of hydrogen-bond donors (Lipinski definition) is 1. The number of benzodiazepines with no additional fused rings is 1. The molecule has 2 atom stereocenters. The molecule has 0 aliphatic carbocycles. The van der Waals surface area contributed by atoms with Crippen LogP contribution < -0.4 is 15.0 Å². The molecular weight excluding hydrogens is 525 g/mol. The van der Waals surface area contributed by atoms with Gasteiger partial charge in [0.05, 0.1) is 18.5 Å². The van der Waals surface area contributed by atoms with Gasteiger partial charge in [0, 0.05) is 56.1 Å².